The number of fused-ring (bicyclic) bond motifs is 1. The summed E-state index contributed by atoms with van der Waals surface area (Å²) < 4.78 is 11.8. The van der Waals surface area contributed by atoms with Gasteiger partial charge < -0.3 is 14.6 Å². The van der Waals surface area contributed by atoms with Crippen molar-refractivity contribution in [2.24, 2.45) is 0 Å². The SMILES string of the molecule is CCOB(OC(C)(C)CC)c1ccc2c(c1)C(=O)NC2. The molecular weight excluding hydrogens is 253 g/mol. The van der Waals surface area contributed by atoms with Gasteiger partial charge in [-0.25, -0.2) is 0 Å². The van der Waals surface area contributed by atoms with Crippen LogP contribution in [0.2, 0.25) is 0 Å². The highest BCUT2D eigenvalue weighted by Crippen LogP contribution is 2.18. The van der Waals surface area contributed by atoms with Gasteiger partial charge in [0.1, 0.15) is 0 Å². The van der Waals surface area contributed by atoms with Crippen LogP contribution in [0.15, 0.2) is 18.2 Å². The van der Waals surface area contributed by atoms with E-state index in [1.54, 1.807) is 0 Å². The molecule has 1 aromatic rings. The predicted octanol–water partition coefficient (Wildman–Crippen LogP) is 1.87. The minimum absolute atomic E-state index is 0.0214. The Morgan fingerprint density at radius 3 is 2.75 bits per heavy atom. The van der Waals surface area contributed by atoms with Crippen molar-refractivity contribution in [1.82, 2.24) is 5.32 Å². The molecule has 5 heteroatoms. The maximum atomic E-state index is 11.7. The molecule has 2 rings (SSSR count). The zero-order valence-corrected chi connectivity index (χ0v) is 12.7. The fourth-order valence-corrected chi connectivity index (χ4v) is 2.10. The van der Waals surface area contributed by atoms with E-state index in [0.717, 1.165) is 23.0 Å². The Labute approximate surface area is 121 Å². The molecule has 1 aliphatic rings. The average molecular weight is 275 g/mol. The molecule has 0 spiro atoms. The van der Waals surface area contributed by atoms with Gasteiger partial charge in [0.05, 0.1) is 0 Å². The molecule has 0 aromatic heterocycles. The summed E-state index contributed by atoms with van der Waals surface area (Å²) in [5, 5.41) is 2.82. The lowest BCUT2D eigenvalue weighted by molar-refractivity contribution is 0.0706. The minimum Gasteiger partial charge on any atom is -0.408 e. The Hall–Kier alpha value is -1.33. The molecule has 1 N–H and O–H groups in total. The van der Waals surface area contributed by atoms with Crippen LogP contribution in [0, 0.1) is 0 Å². The van der Waals surface area contributed by atoms with Gasteiger partial charge in [-0.05, 0) is 44.3 Å². The quantitative estimate of drug-likeness (QED) is 0.806. The van der Waals surface area contributed by atoms with Gasteiger partial charge >= 0.3 is 7.12 Å². The van der Waals surface area contributed by atoms with Gasteiger partial charge in [0.2, 0.25) is 0 Å². The van der Waals surface area contributed by atoms with Crippen molar-refractivity contribution in [1.29, 1.82) is 0 Å². The minimum atomic E-state index is -0.436. The third-order valence-electron chi connectivity index (χ3n) is 3.69. The normalized spacial score (nSPS) is 14.1. The second kappa shape index (κ2) is 5.98. The smallest absolute Gasteiger partial charge is 0.408 e. The standard InChI is InChI=1S/C15H22BNO3/c1-5-15(3,4)20-16(19-6-2)12-8-7-11-10-17-14(18)13(11)9-12/h7-9H,5-6,10H2,1-4H3,(H,17,18). The van der Waals surface area contributed by atoms with Gasteiger partial charge in [-0.3, -0.25) is 4.79 Å². The van der Waals surface area contributed by atoms with Crippen molar-refractivity contribution < 1.29 is 14.1 Å². The van der Waals surface area contributed by atoms with Crippen LogP contribution in [-0.4, -0.2) is 25.2 Å². The van der Waals surface area contributed by atoms with E-state index in [9.17, 15) is 4.79 Å². The molecule has 0 fully saturated rings. The van der Waals surface area contributed by atoms with E-state index < -0.39 is 7.12 Å². The number of carbonyl (C=O) groups is 1. The highest BCUT2D eigenvalue weighted by molar-refractivity contribution is 6.61. The van der Waals surface area contributed by atoms with Crippen molar-refractivity contribution in [3.8, 4) is 0 Å². The molecule has 4 nitrogen and oxygen atoms in total. The van der Waals surface area contributed by atoms with Crippen LogP contribution in [0.5, 0.6) is 0 Å². The number of amides is 1. The first-order valence-electron chi connectivity index (χ1n) is 7.17. The topological polar surface area (TPSA) is 47.6 Å². The zero-order valence-electron chi connectivity index (χ0n) is 12.7. The van der Waals surface area contributed by atoms with E-state index >= 15 is 0 Å². The molecule has 1 heterocycles. The summed E-state index contributed by atoms with van der Waals surface area (Å²) in [6.45, 7) is 9.27. The Kier molecular flexibility index (Phi) is 4.50. The van der Waals surface area contributed by atoms with Crippen LogP contribution in [0.25, 0.3) is 0 Å². The predicted molar refractivity (Wildman–Crippen MR) is 80.1 cm³/mol. The highest BCUT2D eigenvalue weighted by Gasteiger charge is 2.30. The Balaban J connectivity index is 2.26. The van der Waals surface area contributed by atoms with E-state index in [1.807, 2.05) is 39.0 Å². The maximum absolute atomic E-state index is 11.7. The molecule has 0 saturated heterocycles. The van der Waals surface area contributed by atoms with Crippen LogP contribution in [0.3, 0.4) is 0 Å². The molecule has 108 valence electrons. The van der Waals surface area contributed by atoms with Crippen LogP contribution in [0.4, 0.5) is 0 Å². The van der Waals surface area contributed by atoms with E-state index in [-0.39, 0.29) is 11.5 Å². The van der Waals surface area contributed by atoms with E-state index in [2.05, 4.69) is 12.2 Å². The van der Waals surface area contributed by atoms with Gasteiger partial charge in [0.15, 0.2) is 0 Å². The summed E-state index contributed by atoms with van der Waals surface area (Å²) in [6, 6.07) is 5.83. The number of benzene rings is 1. The van der Waals surface area contributed by atoms with Gasteiger partial charge in [0.25, 0.3) is 5.91 Å². The molecule has 0 unspecified atom stereocenters. The number of carbonyl (C=O) groups excluding carboxylic acids is 1. The molecule has 0 aliphatic carbocycles. The van der Waals surface area contributed by atoms with Crippen LogP contribution in [-0.2, 0) is 15.9 Å². The Morgan fingerprint density at radius 2 is 2.10 bits per heavy atom. The van der Waals surface area contributed by atoms with Crippen molar-refractivity contribution in [2.75, 3.05) is 6.61 Å². The Morgan fingerprint density at radius 1 is 1.35 bits per heavy atom. The average Bonchev–Trinajstić information content (AvgIpc) is 2.79. The van der Waals surface area contributed by atoms with Gasteiger partial charge in [0, 0.05) is 24.3 Å². The molecular formula is C15H22BNO3. The lowest BCUT2D eigenvalue weighted by Crippen LogP contribution is -2.44. The van der Waals surface area contributed by atoms with E-state index in [1.165, 1.54) is 0 Å². The molecule has 1 aliphatic heterocycles. The number of nitrogens with one attached hydrogen (secondary N) is 1. The monoisotopic (exact) mass is 275 g/mol. The summed E-state index contributed by atoms with van der Waals surface area (Å²) in [7, 11) is -0.436. The third-order valence-corrected chi connectivity index (χ3v) is 3.69. The van der Waals surface area contributed by atoms with Gasteiger partial charge in [-0.2, -0.15) is 0 Å². The molecule has 0 bridgehead atoms. The van der Waals surface area contributed by atoms with E-state index in [0.29, 0.717) is 13.2 Å². The third kappa shape index (κ3) is 3.22. The van der Waals surface area contributed by atoms with Crippen LogP contribution >= 0.6 is 0 Å². The van der Waals surface area contributed by atoms with Crippen molar-refractivity contribution in [3.63, 3.8) is 0 Å². The van der Waals surface area contributed by atoms with Crippen LogP contribution < -0.4 is 10.8 Å². The molecule has 1 aromatic carbocycles. The summed E-state index contributed by atoms with van der Waals surface area (Å²) >= 11 is 0. The maximum Gasteiger partial charge on any atom is 0.494 e. The number of hydrogen-bond acceptors (Lipinski definition) is 3. The van der Waals surface area contributed by atoms with Crippen molar-refractivity contribution in [2.45, 2.75) is 46.3 Å². The van der Waals surface area contributed by atoms with Crippen molar-refractivity contribution in [3.05, 3.63) is 29.3 Å². The number of rotatable bonds is 6. The first kappa shape index (κ1) is 15.1. The van der Waals surface area contributed by atoms with Crippen molar-refractivity contribution >= 4 is 18.5 Å². The highest BCUT2D eigenvalue weighted by atomic mass is 16.6. The number of hydrogen-bond donors (Lipinski definition) is 1. The first-order chi connectivity index (χ1) is 9.46. The molecule has 1 amide bonds. The lowest BCUT2D eigenvalue weighted by Gasteiger charge is -2.28. The van der Waals surface area contributed by atoms with Crippen LogP contribution in [0.1, 0.15) is 50.0 Å². The van der Waals surface area contributed by atoms with E-state index in [4.69, 9.17) is 9.31 Å². The largest absolute Gasteiger partial charge is 0.494 e. The second-order valence-electron chi connectivity index (χ2n) is 5.62. The molecule has 0 atom stereocenters. The van der Waals surface area contributed by atoms with Gasteiger partial charge in [-0.15, -0.1) is 0 Å². The summed E-state index contributed by atoms with van der Waals surface area (Å²) in [5.41, 5.74) is 2.39. The second-order valence-corrected chi connectivity index (χ2v) is 5.62. The first-order valence-corrected chi connectivity index (χ1v) is 7.17. The zero-order chi connectivity index (χ0) is 14.8. The summed E-state index contributed by atoms with van der Waals surface area (Å²) in [4.78, 5) is 11.7. The molecule has 0 saturated carbocycles. The Bertz CT molecular complexity index is 502. The fraction of sp³-hybridized carbons (Fsp3) is 0.533. The van der Waals surface area contributed by atoms with Gasteiger partial charge in [-0.1, -0.05) is 19.1 Å². The fourth-order valence-electron chi connectivity index (χ4n) is 2.10. The summed E-state index contributed by atoms with van der Waals surface area (Å²) in [6.07, 6.45) is 0.891. The molecule has 20 heavy (non-hydrogen) atoms. The lowest BCUT2D eigenvalue weighted by atomic mass is 9.76. The summed E-state index contributed by atoms with van der Waals surface area (Å²) in [5.74, 6) is -0.0214. The molecule has 0 radical (unpaired) electrons.